The summed E-state index contributed by atoms with van der Waals surface area (Å²) in [6.45, 7) is 4.75. The Bertz CT molecular complexity index is 408. The van der Waals surface area contributed by atoms with Gasteiger partial charge in [-0.3, -0.25) is 9.69 Å². The molecule has 100 valence electrons. The molecule has 0 bridgehead atoms. The van der Waals surface area contributed by atoms with Gasteiger partial charge in [0.2, 0.25) is 0 Å². The van der Waals surface area contributed by atoms with Crippen LogP contribution in [0.4, 0.5) is 0 Å². The van der Waals surface area contributed by atoms with E-state index in [2.05, 4.69) is 21.4 Å². The van der Waals surface area contributed by atoms with Crippen molar-refractivity contribution in [1.29, 1.82) is 0 Å². The second-order valence-electron chi connectivity index (χ2n) is 4.47. The van der Waals surface area contributed by atoms with Crippen molar-refractivity contribution in [2.45, 2.75) is 32.5 Å². The topological polar surface area (TPSA) is 58.4 Å². The third-order valence-corrected chi connectivity index (χ3v) is 4.36. The average molecular weight is 269 g/mol. The summed E-state index contributed by atoms with van der Waals surface area (Å²) >= 11 is 1.84. The van der Waals surface area contributed by atoms with Crippen LogP contribution in [-0.2, 0) is 17.9 Å². The first-order chi connectivity index (χ1) is 8.70. The molecule has 1 unspecified atom stereocenters. The summed E-state index contributed by atoms with van der Waals surface area (Å²) in [5, 5.41) is 8.96. The minimum absolute atomic E-state index is 0.140. The van der Waals surface area contributed by atoms with Gasteiger partial charge in [0.1, 0.15) is 0 Å². The van der Waals surface area contributed by atoms with E-state index in [0.29, 0.717) is 0 Å². The van der Waals surface area contributed by atoms with Gasteiger partial charge in [0.15, 0.2) is 0 Å². The smallest absolute Gasteiger partial charge is 0.304 e. The highest BCUT2D eigenvalue weighted by atomic mass is 32.2. The van der Waals surface area contributed by atoms with E-state index in [-0.39, 0.29) is 12.5 Å². The first kappa shape index (κ1) is 13.4. The molecule has 5 nitrogen and oxygen atoms in total. The van der Waals surface area contributed by atoms with Crippen LogP contribution in [-0.4, -0.2) is 49.6 Å². The number of hydrogen-bond donors (Lipinski definition) is 1. The van der Waals surface area contributed by atoms with E-state index in [4.69, 9.17) is 5.11 Å². The molecule has 0 spiro atoms. The summed E-state index contributed by atoms with van der Waals surface area (Å²) in [6.07, 6.45) is 3.94. The molecular weight excluding hydrogens is 250 g/mol. The number of carboxylic acid groups (broad SMARTS) is 1. The monoisotopic (exact) mass is 269 g/mol. The van der Waals surface area contributed by atoms with Crippen molar-refractivity contribution < 1.29 is 9.90 Å². The molecule has 1 saturated heterocycles. The van der Waals surface area contributed by atoms with Crippen molar-refractivity contribution in [3.05, 3.63) is 18.2 Å². The van der Waals surface area contributed by atoms with Crippen LogP contribution in [0.3, 0.4) is 0 Å². The van der Waals surface area contributed by atoms with Gasteiger partial charge >= 0.3 is 5.97 Å². The Balaban J connectivity index is 2.03. The molecule has 2 heterocycles. The van der Waals surface area contributed by atoms with Crippen LogP contribution in [0.5, 0.6) is 0 Å². The zero-order chi connectivity index (χ0) is 13.0. The lowest BCUT2D eigenvalue weighted by molar-refractivity contribution is -0.138. The number of hydrogen-bond acceptors (Lipinski definition) is 4. The third-order valence-electron chi connectivity index (χ3n) is 3.26. The van der Waals surface area contributed by atoms with Gasteiger partial charge in [0.05, 0.1) is 18.4 Å². The summed E-state index contributed by atoms with van der Waals surface area (Å²) in [5.41, 5.74) is 1.17. The van der Waals surface area contributed by atoms with Crippen molar-refractivity contribution in [2.75, 3.05) is 18.1 Å². The number of aromatic nitrogens is 2. The second-order valence-corrected chi connectivity index (χ2v) is 5.62. The van der Waals surface area contributed by atoms with E-state index in [0.717, 1.165) is 31.1 Å². The molecule has 1 aliphatic heterocycles. The van der Waals surface area contributed by atoms with Crippen molar-refractivity contribution >= 4 is 17.7 Å². The number of nitrogens with zero attached hydrogens (tertiary/aromatic N) is 3. The fraction of sp³-hybridized carbons (Fsp3) is 0.667. The predicted octanol–water partition coefficient (Wildman–Crippen LogP) is 1.30. The van der Waals surface area contributed by atoms with E-state index < -0.39 is 5.97 Å². The van der Waals surface area contributed by atoms with Crippen LogP contribution >= 0.6 is 11.8 Å². The van der Waals surface area contributed by atoms with Gasteiger partial charge in [-0.15, -0.1) is 0 Å². The molecule has 1 aliphatic rings. The molecule has 2 rings (SSSR count). The molecule has 0 aliphatic carbocycles. The highest BCUT2D eigenvalue weighted by Crippen LogP contribution is 2.21. The summed E-state index contributed by atoms with van der Waals surface area (Å²) < 4.78 is 2.11. The Labute approximate surface area is 111 Å². The van der Waals surface area contributed by atoms with E-state index in [1.807, 2.05) is 24.3 Å². The predicted molar refractivity (Wildman–Crippen MR) is 71.7 cm³/mol. The Morgan fingerprint density at radius 3 is 3.22 bits per heavy atom. The number of carbonyl (C=O) groups is 1. The molecule has 0 saturated carbocycles. The van der Waals surface area contributed by atoms with Gasteiger partial charge in [0.25, 0.3) is 0 Å². The Hall–Kier alpha value is -1.01. The lowest BCUT2D eigenvalue weighted by Crippen LogP contribution is -2.43. The Morgan fingerprint density at radius 1 is 1.67 bits per heavy atom. The molecule has 1 aromatic rings. The minimum atomic E-state index is -0.712. The van der Waals surface area contributed by atoms with Crippen LogP contribution in [0, 0.1) is 0 Å². The highest BCUT2D eigenvalue weighted by Gasteiger charge is 2.25. The molecule has 1 N–H and O–H groups in total. The van der Waals surface area contributed by atoms with Crippen LogP contribution in [0.1, 0.15) is 19.0 Å². The van der Waals surface area contributed by atoms with Crippen LogP contribution in [0.15, 0.2) is 12.5 Å². The summed E-state index contributed by atoms with van der Waals surface area (Å²) in [7, 11) is 0. The summed E-state index contributed by atoms with van der Waals surface area (Å²) in [6, 6.07) is 0.140. The molecule has 18 heavy (non-hydrogen) atoms. The third kappa shape index (κ3) is 3.26. The van der Waals surface area contributed by atoms with E-state index in [1.54, 1.807) is 0 Å². The van der Waals surface area contributed by atoms with Gasteiger partial charge in [-0.2, -0.15) is 11.8 Å². The normalized spacial score (nSPS) is 21.1. The standard InChI is InChI=1S/C12H19N3O2S/c1-2-14-9-13-6-11(14)7-15-3-4-18-8-10(15)5-12(16)17/h6,9-10H,2-5,7-8H2,1H3,(H,16,17). The Kier molecular flexibility index (Phi) is 4.66. The van der Waals surface area contributed by atoms with E-state index >= 15 is 0 Å². The maximum Gasteiger partial charge on any atom is 0.304 e. The number of aryl methyl sites for hydroxylation is 1. The molecular formula is C12H19N3O2S. The Morgan fingerprint density at radius 2 is 2.50 bits per heavy atom. The summed E-state index contributed by atoms with van der Waals surface area (Å²) in [5.74, 6) is 1.28. The average Bonchev–Trinajstić information content (AvgIpc) is 2.78. The van der Waals surface area contributed by atoms with Gasteiger partial charge < -0.3 is 9.67 Å². The van der Waals surface area contributed by atoms with Gasteiger partial charge in [-0.1, -0.05) is 0 Å². The molecule has 0 radical (unpaired) electrons. The number of rotatable bonds is 5. The fourth-order valence-electron chi connectivity index (χ4n) is 2.26. The van der Waals surface area contributed by atoms with E-state index in [9.17, 15) is 4.79 Å². The van der Waals surface area contributed by atoms with Crippen molar-refractivity contribution in [3.8, 4) is 0 Å². The second kappa shape index (κ2) is 6.24. The lowest BCUT2D eigenvalue weighted by Gasteiger charge is -2.34. The van der Waals surface area contributed by atoms with Crippen molar-refractivity contribution in [2.24, 2.45) is 0 Å². The van der Waals surface area contributed by atoms with Gasteiger partial charge in [-0.05, 0) is 6.92 Å². The van der Waals surface area contributed by atoms with Crippen molar-refractivity contribution in [1.82, 2.24) is 14.5 Å². The number of carboxylic acids is 1. The maximum absolute atomic E-state index is 10.9. The number of imidazole rings is 1. The fourth-order valence-corrected chi connectivity index (χ4v) is 3.39. The number of aliphatic carboxylic acids is 1. The first-order valence-electron chi connectivity index (χ1n) is 6.23. The van der Waals surface area contributed by atoms with Gasteiger partial charge in [0, 0.05) is 43.4 Å². The SMILES string of the molecule is CCn1cncc1CN1CCSCC1CC(=O)O. The molecule has 6 heteroatoms. The quantitative estimate of drug-likeness (QED) is 0.873. The van der Waals surface area contributed by atoms with Crippen LogP contribution in [0.25, 0.3) is 0 Å². The molecule has 1 atom stereocenters. The number of thioether (sulfide) groups is 1. The largest absolute Gasteiger partial charge is 0.481 e. The van der Waals surface area contributed by atoms with Crippen molar-refractivity contribution in [3.63, 3.8) is 0 Å². The van der Waals surface area contributed by atoms with Gasteiger partial charge in [-0.25, -0.2) is 4.98 Å². The maximum atomic E-state index is 10.9. The highest BCUT2D eigenvalue weighted by molar-refractivity contribution is 7.99. The summed E-state index contributed by atoms with van der Waals surface area (Å²) in [4.78, 5) is 17.3. The molecule has 1 fully saturated rings. The van der Waals surface area contributed by atoms with E-state index in [1.165, 1.54) is 5.69 Å². The lowest BCUT2D eigenvalue weighted by atomic mass is 10.2. The van der Waals surface area contributed by atoms with Crippen LogP contribution in [0.2, 0.25) is 0 Å². The molecule has 0 aromatic carbocycles. The molecule has 1 aromatic heterocycles. The zero-order valence-electron chi connectivity index (χ0n) is 10.6. The molecule has 0 amide bonds. The zero-order valence-corrected chi connectivity index (χ0v) is 11.4. The minimum Gasteiger partial charge on any atom is -0.481 e. The van der Waals surface area contributed by atoms with Crippen LogP contribution < -0.4 is 0 Å². The first-order valence-corrected chi connectivity index (χ1v) is 7.38.